The summed E-state index contributed by atoms with van der Waals surface area (Å²) in [6.45, 7) is 2.08. The van der Waals surface area contributed by atoms with Gasteiger partial charge in [-0.25, -0.2) is 9.49 Å². The topological polar surface area (TPSA) is 153 Å². The number of fused-ring (bicyclic) bond motifs is 2. The molecule has 48 heavy (non-hydrogen) atoms. The first-order valence-electron chi connectivity index (χ1n) is 15.4. The first-order valence-corrected chi connectivity index (χ1v) is 16.2. The lowest BCUT2D eigenvalue weighted by Gasteiger charge is -2.35. The maximum atomic E-state index is 15.0. The lowest BCUT2D eigenvalue weighted by Crippen LogP contribution is -2.54. The second kappa shape index (κ2) is 12.5. The molecule has 4 heterocycles. The molecule has 0 saturated carbocycles. The standard InChI is InChI=1S/C34H28BrFN6O6/c35-29-19(6-7-22-28(29)34(48)42(33(22)47)26-9-10-27(43)37-31(26)45)17-40-11-13-41(14-12-40)32(46)23-15-18(5-8-24(23)36)16-25-20-3-1-2-4-21(20)30(44)39-38-25/h1-8,15,26H,9-14,16-17H2,(H,39,44)(H,37,43,45). The van der Waals surface area contributed by atoms with Crippen molar-refractivity contribution in [3.05, 3.63) is 109 Å². The summed E-state index contributed by atoms with van der Waals surface area (Å²) < 4.78 is 15.4. The van der Waals surface area contributed by atoms with Crippen LogP contribution in [0.25, 0.3) is 10.8 Å². The van der Waals surface area contributed by atoms with Crippen molar-refractivity contribution >= 4 is 56.2 Å². The van der Waals surface area contributed by atoms with Crippen LogP contribution in [0.1, 0.15) is 60.7 Å². The van der Waals surface area contributed by atoms with Gasteiger partial charge in [0.1, 0.15) is 11.9 Å². The highest BCUT2D eigenvalue weighted by atomic mass is 79.9. The number of hydrogen-bond acceptors (Lipinski definition) is 8. The average Bonchev–Trinajstić information content (AvgIpc) is 3.34. The predicted molar refractivity (Wildman–Crippen MR) is 174 cm³/mol. The summed E-state index contributed by atoms with van der Waals surface area (Å²) in [7, 11) is 0. The van der Waals surface area contributed by atoms with Gasteiger partial charge in [-0.3, -0.25) is 43.9 Å². The van der Waals surface area contributed by atoms with Crippen LogP contribution in [0.4, 0.5) is 4.39 Å². The number of rotatable bonds is 6. The molecule has 0 bridgehead atoms. The third-order valence-corrected chi connectivity index (χ3v) is 9.99. The van der Waals surface area contributed by atoms with E-state index < -0.39 is 41.4 Å². The van der Waals surface area contributed by atoms with Crippen LogP contribution in [0.3, 0.4) is 0 Å². The minimum Gasteiger partial charge on any atom is -0.336 e. The van der Waals surface area contributed by atoms with Gasteiger partial charge in [0.05, 0.1) is 27.8 Å². The summed E-state index contributed by atoms with van der Waals surface area (Å²) in [5.74, 6) is -3.34. The number of hydrogen-bond donors (Lipinski definition) is 2. The zero-order valence-electron chi connectivity index (χ0n) is 25.4. The molecule has 0 aliphatic carbocycles. The summed E-state index contributed by atoms with van der Waals surface area (Å²) in [5, 5.41) is 10.1. The highest BCUT2D eigenvalue weighted by Crippen LogP contribution is 2.35. The highest BCUT2D eigenvalue weighted by Gasteiger charge is 2.46. The highest BCUT2D eigenvalue weighted by molar-refractivity contribution is 9.10. The molecule has 2 N–H and O–H groups in total. The number of carbonyl (C=O) groups excluding carboxylic acids is 5. The minimum absolute atomic E-state index is 0.0362. The quantitative estimate of drug-likeness (QED) is 0.289. The van der Waals surface area contributed by atoms with Crippen LogP contribution in [0.2, 0.25) is 0 Å². The lowest BCUT2D eigenvalue weighted by molar-refractivity contribution is -0.136. The third-order valence-electron chi connectivity index (χ3n) is 9.09. The van der Waals surface area contributed by atoms with Crippen LogP contribution in [0.15, 0.2) is 63.9 Å². The molecule has 3 aromatic carbocycles. The molecule has 1 unspecified atom stereocenters. The second-order valence-corrected chi connectivity index (χ2v) is 12.8. The van der Waals surface area contributed by atoms with E-state index in [0.717, 1.165) is 10.5 Å². The maximum Gasteiger partial charge on any atom is 0.272 e. The molecule has 1 atom stereocenters. The Kier molecular flexibility index (Phi) is 8.21. The number of amides is 5. The number of nitrogens with zero attached hydrogens (tertiary/aromatic N) is 4. The molecule has 3 aliphatic rings. The Morgan fingerprint density at radius 1 is 0.938 bits per heavy atom. The fourth-order valence-corrected chi connectivity index (χ4v) is 7.19. The molecule has 12 nitrogen and oxygen atoms in total. The maximum absolute atomic E-state index is 15.0. The van der Waals surface area contributed by atoms with Gasteiger partial charge in [0.15, 0.2) is 0 Å². The van der Waals surface area contributed by atoms with Crippen molar-refractivity contribution in [2.45, 2.75) is 31.8 Å². The number of piperidine rings is 1. The molecule has 2 fully saturated rings. The zero-order chi connectivity index (χ0) is 33.7. The normalized spacial score (nSPS) is 18.4. The number of imide groups is 2. The van der Waals surface area contributed by atoms with Gasteiger partial charge in [0, 0.05) is 55.4 Å². The van der Waals surface area contributed by atoms with E-state index in [1.54, 1.807) is 41.3 Å². The van der Waals surface area contributed by atoms with Crippen LogP contribution in [0, 0.1) is 5.82 Å². The van der Waals surface area contributed by atoms with Crippen LogP contribution < -0.4 is 10.9 Å². The van der Waals surface area contributed by atoms with E-state index in [0.29, 0.717) is 65.6 Å². The number of halogens is 2. The van der Waals surface area contributed by atoms with Gasteiger partial charge in [0.25, 0.3) is 23.3 Å². The van der Waals surface area contributed by atoms with E-state index in [1.807, 2.05) is 6.07 Å². The SMILES string of the molecule is O=C1CCC(N2C(=O)c3ccc(CN4CCN(C(=O)c5cc(Cc6n[nH]c(=O)c7ccccc67)ccc5F)CC4)c(Br)c3C2=O)C(=O)N1. The van der Waals surface area contributed by atoms with Gasteiger partial charge in [-0.05, 0) is 57.7 Å². The molecule has 0 radical (unpaired) electrons. The molecule has 3 aliphatic heterocycles. The fourth-order valence-electron chi connectivity index (χ4n) is 6.55. The molecule has 5 amide bonds. The number of carbonyl (C=O) groups is 5. The number of aromatic nitrogens is 2. The van der Waals surface area contributed by atoms with E-state index in [1.165, 1.54) is 12.1 Å². The van der Waals surface area contributed by atoms with Gasteiger partial charge >= 0.3 is 0 Å². The van der Waals surface area contributed by atoms with Crippen LogP contribution >= 0.6 is 15.9 Å². The van der Waals surface area contributed by atoms with E-state index in [4.69, 9.17) is 0 Å². The molecule has 4 aromatic rings. The molecule has 7 rings (SSSR count). The Morgan fingerprint density at radius 2 is 1.69 bits per heavy atom. The Hall–Kier alpha value is -5.08. The predicted octanol–water partition coefficient (Wildman–Crippen LogP) is 2.77. The molecule has 2 saturated heterocycles. The first kappa shape index (κ1) is 31.5. The van der Waals surface area contributed by atoms with Crippen molar-refractivity contribution in [2.24, 2.45) is 0 Å². The lowest BCUT2D eigenvalue weighted by atomic mass is 10.0. The Labute approximate surface area is 281 Å². The largest absolute Gasteiger partial charge is 0.336 e. The van der Waals surface area contributed by atoms with Gasteiger partial charge in [-0.15, -0.1) is 0 Å². The van der Waals surface area contributed by atoms with Gasteiger partial charge in [-0.2, -0.15) is 5.10 Å². The van der Waals surface area contributed by atoms with Gasteiger partial charge in [-0.1, -0.05) is 30.3 Å². The summed E-state index contributed by atoms with van der Waals surface area (Å²) in [5.41, 5.74) is 2.06. The van der Waals surface area contributed by atoms with E-state index in [2.05, 4.69) is 36.3 Å². The van der Waals surface area contributed by atoms with Gasteiger partial charge < -0.3 is 4.90 Å². The minimum atomic E-state index is -1.05. The number of piperazine rings is 1. The van der Waals surface area contributed by atoms with E-state index >= 15 is 0 Å². The fraction of sp³-hybridized carbons (Fsp3) is 0.265. The van der Waals surface area contributed by atoms with Crippen molar-refractivity contribution in [3.8, 4) is 0 Å². The number of benzene rings is 3. The van der Waals surface area contributed by atoms with Crippen molar-refractivity contribution in [1.29, 1.82) is 0 Å². The van der Waals surface area contributed by atoms with Crippen molar-refractivity contribution < 1.29 is 28.4 Å². The zero-order valence-corrected chi connectivity index (χ0v) is 27.0. The average molecular weight is 716 g/mol. The first-order chi connectivity index (χ1) is 23.1. The molecular formula is C34H28BrFN6O6. The smallest absolute Gasteiger partial charge is 0.272 e. The molecule has 0 spiro atoms. The van der Waals surface area contributed by atoms with Crippen molar-refractivity contribution in [3.63, 3.8) is 0 Å². The molecular weight excluding hydrogens is 687 g/mol. The summed E-state index contributed by atoms with van der Waals surface area (Å²) >= 11 is 3.51. The molecule has 14 heteroatoms. The summed E-state index contributed by atoms with van der Waals surface area (Å²) in [6.07, 6.45) is 0.399. The number of aromatic amines is 1. The monoisotopic (exact) mass is 714 g/mol. The third kappa shape index (κ3) is 5.60. The van der Waals surface area contributed by atoms with Crippen LogP contribution in [0.5, 0.6) is 0 Å². The summed E-state index contributed by atoms with van der Waals surface area (Å²) in [6, 6.07) is 13.8. The van der Waals surface area contributed by atoms with Crippen LogP contribution in [-0.2, 0) is 22.6 Å². The number of nitrogens with one attached hydrogen (secondary N) is 2. The Bertz CT molecular complexity index is 2110. The van der Waals surface area contributed by atoms with E-state index in [-0.39, 0.29) is 35.1 Å². The van der Waals surface area contributed by atoms with Crippen molar-refractivity contribution in [1.82, 2.24) is 30.2 Å². The Morgan fingerprint density at radius 3 is 2.44 bits per heavy atom. The summed E-state index contributed by atoms with van der Waals surface area (Å²) in [4.78, 5) is 80.8. The second-order valence-electron chi connectivity index (χ2n) is 12.0. The van der Waals surface area contributed by atoms with E-state index in [9.17, 15) is 33.2 Å². The number of H-pyrrole nitrogens is 1. The van der Waals surface area contributed by atoms with Gasteiger partial charge in [0.2, 0.25) is 11.8 Å². The van der Waals surface area contributed by atoms with Crippen LogP contribution in [-0.4, -0.2) is 86.7 Å². The molecule has 244 valence electrons. The van der Waals surface area contributed by atoms with Crippen molar-refractivity contribution in [2.75, 3.05) is 26.2 Å². The molecule has 1 aromatic heterocycles. The Balaban J connectivity index is 1.02.